The Morgan fingerprint density at radius 1 is 0.343 bits per heavy atom. The van der Waals surface area contributed by atoms with Crippen LogP contribution < -0.4 is 52.1 Å². The van der Waals surface area contributed by atoms with Crippen LogP contribution in [0.2, 0.25) is 0 Å². The first-order valence-electron chi connectivity index (χ1n) is 24.8. The van der Waals surface area contributed by atoms with Crippen LogP contribution in [0.1, 0.15) is 76.0 Å². The third-order valence-electron chi connectivity index (χ3n) is 14.4. The lowest BCUT2D eigenvalue weighted by Gasteiger charge is -2.37. The largest absolute Gasteiger partial charge is 0.458 e. The van der Waals surface area contributed by atoms with Gasteiger partial charge in [-0.1, -0.05) is 185 Å². The molecule has 0 fully saturated rings. The van der Waals surface area contributed by atoms with Gasteiger partial charge in [-0.05, 0) is 118 Å². The van der Waals surface area contributed by atoms with Gasteiger partial charge in [0.1, 0.15) is 23.0 Å². The third kappa shape index (κ3) is 7.59. The second-order valence-electron chi connectivity index (χ2n) is 19.8. The van der Waals surface area contributed by atoms with E-state index in [1.54, 1.807) is 0 Å². The second kappa shape index (κ2) is 17.9. The van der Waals surface area contributed by atoms with E-state index in [4.69, 9.17) is 9.47 Å². The van der Waals surface area contributed by atoms with E-state index in [-0.39, 0.29) is 13.4 Å². The summed E-state index contributed by atoms with van der Waals surface area (Å²) in [6, 6.07) is 72.6. The molecule has 7 heteroatoms. The zero-order valence-electron chi connectivity index (χ0n) is 40.6. The van der Waals surface area contributed by atoms with Gasteiger partial charge in [-0.2, -0.15) is 0 Å². The fourth-order valence-corrected chi connectivity index (χ4v) is 12.2. The number of hydrogen-bond acceptors (Lipinski definition) is 5. The predicted molar refractivity (Wildman–Crippen MR) is 297 cm³/mol. The van der Waals surface area contributed by atoms with Crippen LogP contribution in [0.25, 0.3) is 0 Å². The van der Waals surface area contributed by atoms with Crippen molar-refractivity contribution < 1.29 is 9.47 Å². The Bertz CT molecular complexity index is 3310. The monoisotopic (exact) mass is 924 g/mol. The van der Waals surface area contributed by atoms with Crippen molar-refractivity contribution in [3.05, 3.63) is 217 Å². The molecule has 0 saturated heterocycles. The topological polar surface area (TPSA) is 24.9 Å². The second-order valence-corrected chi connectivity index (χ2v) is 20.9. The van der Waals surface area contributed by atoms with Crippen LogP contribution in [0.3, 0.4) is 0 Å². The zero-order valence-corrected chi connectivity index (χ0v) is 41.4. The number of anilines is 6. The van der Waals surface area contributed by atoms with Crippen molar-refractivity contribution >= 4 is 92.1 Å². The highest BCUT2D eigenvalue weighted by Crippen LogP contribution is 2.45. The van der Waals surface area contributed by atoms with Gasteiger partial charge in [0.2, 0.25) is 6.71 Å². The minimum absolute atomic E-state index is 0.0212. The number of ether oxygens (including phenoxy) is 2. The van der Waals surface area contributed by atoms with E-state index >= 15 is 0 Å². The molecule has 0 saturated carbocycles. The lowest BCUT2D eigenvalue weighted by molar-refractivity contribution is 0.464. The van der Waals surface area contributed by atoms with Gasteiger partial charge in [-0.3, -0.25) is 0 Å². The molecule has 9 aromatic rings. The molecule has 0 aromatic heterocycles. The summed E-state index contributed by atoms with van der Waals surface area (Å²) in [6.45, 7) is 14.0. The molecule has 12 rings (SSSR count). The molecule has 3 aliphatic heterocycles. The summed E-state index contributed by atoms with van der Waals surface area (Å²) in [7, 11) is 0. The fraction of sp³-hybridized carbons (Fsp3) is 0.143. The standard InChI is InChI=1S/C63H54B2N2O2S/c1-40(2)43-33-50(41(3)4)62(51(34-43)42(5)6)65-53-32-31-48(66(44-21-11-7-12-22-44)45-23-13-8-14-24-45)37-60(53)70-61-39-57-54(38-55(61)65)64-52-29-19-20-30-56(52)68-58-35-49(36-59(69-57)63(58)64)67(46-25-15-9-16-26-46)47-27-17-10-18-28-47/h7-42H,1-6H3. The van der Waals surface area contributed by atoms with Crippen LogP contribution in [-0.2, 0) is 0 Å². The molecular formula is C63H54B2N2O2S. The van der Waals surface area contributed by atoms with Gasteiger partial charge in [0.25, 0.3) is 6.71 Å². The van der Waals surface area contributed by atoms with Crippen molar-refractivity contribution in [2.45, 2.75) is 69.1 Å². The van der Waals surface area contributed by atoms with Crippen molar-refractivity contribution in [3.8, 4) is 23.0 Å². The average Bonchev–Trinajstić information content (AvgIpc) is 3.38. The molecular weight excluding hydrogens is 870 g/mol. The maximum atomic E-state index is 7.31. The highest BCUT2D eigenvalue weighted by Gasteiger charge is 2.44. The van der Waals surface area contributed by atoms with E-state index in [2.05, 4.69) is 252 Å². The Balaban J connectivity index is 1.09. The molecule has 0 spiro atoms. The smallest absolute Gasteiger partial charge is 0.260 e. The van der Waals surface area contributed by atoms with E-state index in [0.29, 0.717) is 17.8 Å². The van der Waals surface area contributed by atoms with Crippen molar-refractivity contribution in [3.63, 3.8) is 0 Å². The Kier molecular flexibility index (Phi) is 11.2. The third-order valence-corrected chi connectivity index (χ3v) is 15.5. The number of nitrogens with zero attached hydrogens (tertiary/aromatic N) is 2. The number of benzene rings is 9. The van der Waals surface area contributed by atoms with Crippen LogP contribution >= 0.6 is 11.8 Å². The van der Waals surface area contributed by atoms with Gasteiger partial charge in [-0.15, -0.1) is 0 Å². The molecule has 0 N–H and O–H groups in total. The zero-order chi connectivity index (χ0) is 47.6. The quantitative estimate of drug-likeness (QED) is 0.127. The van der Waals surface area contributed by atoms with Crippen LogP contribution in [0.4, 0.5) is 34.1 Å². The maximum Gasteiger partial charge on any atom is 0.260 e. The summed E-state index contributed by atoms with van der Waals surface area (Å²) in [5, 5.41) is 0. The van der Waals surface area contributed by atoms with Crippen molar-refractivity contribution in [2.75, 3.05) is 9.80 Å². The molecule has 9 aromatic carbocycles. The normalized spacial score (nSPS) is 12.9. The molecule has 0 aliphatic carbocycles. The molecule has 0 amide bonds. The summed E-state index contributed by atoms with van der Waals surface area (Å²) in [5.74, 6) is 4.43. The molecule has 3 heterocycles. The summed E-state index contributed by atoms with van der Waals surface area (Å²) >= 11 is 1.87. The SMILES string of the molecule is CC(C)c1cc(C(C)C)c(B2c3ccc(N(c4ccccc4)c4ccccc4)cc3Sc3cc4c(cc32)B2c3ccccc3Oc3cc(N(c5ccccc5)c5ccccc5)cc(c32)O4)c(C(C)C)c1. The highest BCUT2D eigenvalue weighted by molar-refractivity contribution is 8.00. The predicted octanol–water partition coefficient (Wildman–Crippen LogP) is 13.7. The summed E-state index contributed by atoms with van der Waals surface area (Å²) in [5.41, 5.74) is 18.2. The number of hydrogen-bond donors (Lipinski definition) is 0. The minimum Gasteiger partial charge on any atom is -0.458 e. The van der Waals surface area contributed by atoms with Crippen LogP contribution in [-0.4, -0.2) is 13.4 Å². The molecule has 4 nitrogen and oxygen atoms in total. The average molecular weight is 925 g/mol. The van der Waals surface area contributed by atoms with E-state index in [1.807, 2.05) is 11.8 Å². The first kappa shape index (κ1) is 43.9. The summed E-state index contributed by atoms with van der Waals surface area (Å²) in [6.07, 6.45) is 0. The van der Waals surface area contributed by atoms with E-state index in [9.17, 15) is 0 Å². The van der Waals surface area contributed by atoms with Gasteiger partial charge in [0.05, 0.1) is 5.69 Å². The first-order chi connectivity index (χ1) is 34.2. The summed E-state index contributed by atoms with van der Waals surface area (Å²) in [4.78, 5) is 7.13. The molecule has 0 radical (unpaired) electrons. The summed E-state index contributed by atoms with van der Waals surface area (Å²) < 4.78 is 14.3. The van der Waals surface area contributed by atoms with Crippen molar-refractivity contribution in [2.24, 2.45) is 0 Å². The lowest BCUT2D eigenvalue weighted by Crippen LogP contribution is -2.61. The Hall–Kier alpha value is -7.34. The van der Waals surface area contributed by atoms with Gasteiger partial charge in [0.15, 0.2) is 0 Å². The Labute approximate surface area is 418 Å². The van der Waals surface area contributed by atoms with Crippen molar-refractivity contribution in [1.82, 2.24) is 0 Å². The van der Waals surface area contributed by atoms with E-state index < -0.39 is 0 Å². The Morgan fingerprint density at radius 3 is 1.34 bits per heavy atom. The van der Waals surface area contributed by atoms with Gasteiger partial charge < -0.3 is 19.3 Å². The molecule has 340 valence electrons. The van der Waals surface area contributed by atoms with Crippen LogP contribution in [0.15, 0.2) is 210 Å². The molecule has 0 atom stereocenters. The molecule has 0 bridgehead atoms. The molecule has 0 unspecified atom stereocenters. The number of fused-ring (bicyclic) bond motifs is 6. The van der Waals surface area contributed by atoms with E-state index in [0.717, 1.165) is 68.0 Å². The maximum absolute atomic E-state index is 7.31. The van der Waals surface area contributed by atoms with E-state index in [1.165, 1.54) is 48.3 Å². The van der Waals surface area contributed by atoms with Gasteiger partial charge >= 0.3 is 0 Å². The van der Waals surface area contributed by atoms with Crippen molar-refractivity contribution in [1.29, 1.82) is 0 Å². The molecule has 70 heavy (non-hydrogen) atoms. The van der Waals surface area contributed by atoms with Crippen LogP contribution in [0, 0.1) is 0 Å². The van der Waals surface area contributed by atoms with Crippen LogP contribution in [0.5, 0.6) is 23.0 Å². The minimum atomic E-state index is -0.0999. The van der Waals surface area contributed by atoms with Gasteiger partial charge in [-0.25, -0.2) is 0 Å². The molecule has 3 aliphatic rings. The number of para-hydroxylation sites is 5. The first-order valence-corrected chi connectivity index (χ1v) is 25.6. The lowest BCUT2D eigenvalue weighted by atomic mass is 9.31. The number of rotatable bonds is 10. The Morgan fingerprint density at radius 2 is 0.814 bits per heavy atom. The fourth-order valence-electron chi connectivity index (χ4n) is 11.1. The van der Waals surface area contributed by atoms with Gasteiger partial charge in [0, 0.05) is 55.8 Å². The highest BCUT2D eigenvalue weighted by atomic mass is 32.2.